The minimum absolute atomic E-state index is 0.0180. The Balaban J connectivity index is 1.42. The van der Waals surface area contributed by atoms with E-state index in [4.69, 9.17) is 0 Å². The summed E-state index contributed by atoms with van der Waals surface area (Å²) in [5.74, 6) is 1.93. The summed E-state index contributed by atoms with van der Waals surface area (Å²) in [6.45, 7) is 6.72. The number of aryl methyl sites for hydroxylation is 1. The molecule has 1 amide bonds. The first-order valence-electron chi connectivity index (χ1n) is 10.1. The van der Waals surface area contributed by atoms with Crippen molar-refractivity contribution in [3.8, 4) is 0 Å². The third-order valence-electron chi connectivity index (χ3n) is 6.21. The van der Waals surface area contributed by atoms with E-state index in [1.165, 1.54) is 19.3 Å². The highest BCUT2D eigenvalue weighted by molar-refractivity contribution is 5.95. The van der Waals surface area contributed by atoms with E-state index in [2.05, 4.69) is 14.9 Å². The van der Waals surface area contributed by atoms with Gasteiger partial charge in [-0.25, -0.2) is 9.97 Å². The van der Waals surface area contributed by atoms with Gasteiger partial charge in [0.15, 0.2) is 0 Å². The lowest BCUT2D eigenvalue weighted by Crippen LogP contribution is -2.37. The Morgan fingerprint density at radius 1 is 1.19 bits per heavy atom. The van der Waals surface area contributed by atoms with Crippen LogP contribution >= 0.6 is 0 Å². The van der Waals surface area contributed by atoms with Crippen molar-refractivity contribution in [2.75, 3.05) is 39.3 Å². The Hall–Kier alpha value is -1.53. The molecule has 0 spiro atoms. The number of carbonyl (C=O) groups excluding carboxylic acids is 1. The normalized spacial score (nSPS) is 27.1. The summed E-state index contributed by atoms with van der Waals surface area (Å²) in [7, 11) is 0. The molecule has 3 heterocycles. The second-order valence-electron chi connectivity index (χ2n) is 8.28. The van der Waals surface area contributed by atoms with E-state index in [0.717, 1.165) is 50.5 Å². The predicted molar refractivity (Wildman–Crippen MR) is 99.0 cm³/mol. The summed E-state index contributed by atoms with van der Waals surface area (Å²) in [6.07, 6.45) is 7.89. The second kappa shape index (κ2) is 7.61. The lowest BCUT2D eigenvalue weighted by atomic mass is 9.95. The lowest BCUT2D eigenvalue weighted by Gasteiger charge is -2.30. The van der Waals surface area contributed by atoms with E-state index < -0.39 is 0 Å². The zero-order valence-electron chi connectivity index (χ0n) is 15.7. The number of rotatable bonds is 5. The molecule has 6 nitrogen and oxygen atoms in total. The number of nitrogens with zero attached hydrogens (tertiary/aromatic N) is 4. The van der Waals surface area contributed by atoms with Crippen LogP contribution < -0.4 is 0 Å². The van der Waals surface area contributed by atoms with Gasteiger partial charge in [-0.1, -0.05) is 6.42 Å². The van der Waals surface area contributed by atoms with Crippen LogP contribution in [0.4, 0.5) is 0 Å². The average Bonchev–Trinajstić information content (AvgIpc) is 3.43. The number of aliphatic hydroxyl groups excluding tert-OH is 1. The number of carbonyl (C=O) groups is 1. The molecule has 1 aromatic heterocycles. The maximum absolute atomic E-state index is 13.0. The SMILES string of the molecule is Cc1nc(C2CC2)ncc1C(=O)N1C[C@@H](CN2CCCCC2)[C@@H](CO)C1. The molecule has 3 fully saturated rings. The highest BCUT2D eigenvalue weighted by Crippen LogP contribution is 2.38. The maximum Gasteiger partial charge on any atom is 0.257 e. The van der Waals surface area contributed by atoms with Crippen LogP contribution in [-0.2, 0) is 0 Å². The first kappa shape index (κ1) is 17.9. The van der Waals surface area contributed by atoms with Crippen LogP contribution in [0.1, 0.15) is 59.9 Å². The van der Waals surface area contributed by atoms with Crippen LogP contribution in [0.15, 0.2) is 6.20 Å². The number of aliphatic hydroxyl groups is 1. The number of likely N-dealkylation sites (tertiary alicyclic amines) is 2. The molecular weight excluding hydrogens is 328 g/mol. The van der Waals surface area contributed by atoms with Gasteiger partial charge in [-0.15, -0.1) is 0 Å². The summed E-state index contributed by atoms with van der Waals surface area (Å²) in [5.41, 5.74) is 1.40. The number of hydrogen-bond acceptors (Lipinski definition) is 5. The van der Waals surface area contributed by atoms with E-state index >= 15 is 0 Å². The maximum atomic E-state index is 13.0. The van der Waals surface area contributed by atoms with Crippen molar-refractivity contribution in [2.24, 2.45) is 11.8 Å². The fourth-order valence-corrected chi connectivity index (χ4v) is 4.40. The molecule has 0 radical (unpaired) electrons. The summed E-state index contributed by atoms with van der Waals surface area (Å²) in [6, 6.07) is 0. The summed E-state index contributed by atoms with van der Waals surface area (Å²) in [4.78, 5) is 26.4. The Morgan fingerprint density at radius 3 is 2.58 bits per heavy atom. The standard InChI is InChI=1S/C20H30N4O2/c1-14-18(9-21-19(22-14)15-5-6-15)20(26)24-11-16(17(12-24)13-25)10-23-7-3-2-4-8-23/h9,15-17,25H,2-8,10-13H2,1H3/t16-,17-/m1/s1. The van der Waals surface area contributed by atoms with Gasteiger partial charge in [0, 0.05) is 44.3 Å². The van der Waals surface area contributed by atoms with Crippen molar-refractivity contribution in [1.82, 2.24) is 19.8 Å². The van der Waals surface area contributed by atoms with E-state index in [1.54, 1.807) is 6.20 Å². The zero-order chi connectivity index (χ0) is 18.1. The number of piperidine rings is 1. The number of aromatic nitrogens is 2. The topological polar surface area (TPSA) is 69.6 Å². The average molecular weight is 358 g/mol. The Bertz CT molecular complexity index is 655. The quantitative estimate of drug-likeness (QED) is 0.870. The van der Waals surface area contributed by atoms with Gasteiger partial charge >= 0.3 is 0 Å². The van der Waals surface area contributed by atoms with Gasteiger partial charge in [0.05, 0.1) is 11.3 Å². The van der Waals surface area contributed by atoms with E-state index in [9.17, 15) is 9.90 Å². The molecule has 2 atom stereocenters. The third-order valence-corrected chi connectivity index (χ3v) is 6.21. The van der Waals surface area contributed by atoms with Crippen LogP contribution in [0.5, 0.6) is 0 Å². The van der Waals surface area contributed by atoms with Crippen molar-refractivity contribution in [3.05, 3.63) is 23.3 Å². The summed E-state index contributed by atoms with van der Waals surface area (Å²) < 4.78 is 0. The highest BCUT2D eigenvalue weighted by Gasteiger charge is 2.37. The van der Waals surface area contributed by atoms with Gasteiger partial charge < -0.3 is 14.9 Å². The van der Waals surface area contributed by atoms with Crippen molar-refractivity contribution >= 4 is 5.91 Å². The Labute approximate surface area is 155 Å². The molecule has 1 aromatic rings. The van der Waals surface area contributed by atoms with Crippen molar-refractivity contribution < 1.29 is 9.90 Å². The van der Waals surface area contributed by atoms with Gasteiger partial charge in [0.1, 0.15) is 5.82 Å². The van der Waals surface area contributed by atoms with Crippen molar-refractivity contribution in [2.45, 2.75) is 44.9 Å². The van der Waals surface area contributed by atoms with Crippen LogP contribution in [0.3, 0.4) is 0 Å². The molecule has 4 rings (SSSR count). The molecule has 0 aromatic carbocycles. The predicted octanol–water partition coefficient (Wildman–Crippen LogP) is 1.83. The molecular formula is C20H30N4O2. The third kappa shape index (κ3) is 3.76. The molecule has 2 aliphatic heterocycles. The Morgan fingerprint density at radius 2 is 1.92 bits per heavy atom. The smallest absolute Gasteiger partial charge is 0.257 e. The van der Waals surface area contributed by atoms with Crippen LogP contribution in [0.25, 0.3) is 0 Å². The minimum atomic E-state index is 0.0180. The van der Waals surface area contributed by atoms with Crippen LogP contribution in [-0.4, -0.2) is 70.1 Å². The molecule has 0 unspecified atom stereocenters. The fraction of sp³-hybridized carbons (Fsp3) is 0.750. The first-order valence-corrected chi connectivity index (χ1v) is 10.1. The number of amides is 1. The van der Waals surface area contributed by atoms with Gasteiger partial charge in [-0.3, -0.25) is 4.79 Å². The highest BCUT2D eigenvalue weighted by atomic mass is 16.3. The summed E-state index contributed by atoms with van der Waals surface area (Å²) >= 11 is 0. The molecule has 2 saturated heterocycles. The monoisotopic (exact) mass is 358 g/mol. The largest absolute Gasteiger partial charge is 0.396 e. The molecule has 26 heavy (non-hydrogen) atoms. The molecule has 1 aliphatic carbocycles. The van der Waals surface area contributed by atoms with Crippen molar-refractivity contribution in [3.63, 3.8) is 0 Å². The van der Waals surface area contributed by atoms with Crippen LogP contribution in [0, 0.1) is 18.8 Å². The zero-order valence-corrected chi connectivity index (χ0v) is 15.7. The van der Waals surface area contributed by atoms with Gasteiger partial charge in [0.25, 0.3) is 5.91 Å². The lowest BCUT2D eigenvalue weighted by molar-refractivity contribution is 0.0776. The number of hydrogen-bond donors (Lipinski definition) is 1. The molecule has 142 valence electrons. The van der Waals surface area contributed by atoms with Gasteiger partial charge in [-0.2, -0.15) is 0 Å². The van der Waals surface area contributed by atoms with E-state index in [0.29, 0.717) is 23.9 Å². The van der Waals surface area contributed by atoms with Gasteiger partial charge in [-0.05, 0) is 51.6 Å². The molecule has 0 bridgehead atoms. The fourth-order valence-electron chi connectivity index (χ4n) is 4.40. The molecule has 1 N–H and O–H groups in total. The summed E-state index contributed by atoms with van der Waals surface area (Å²) in [5, 5.41) is 9.81. The molecule has 6 heteroatoms. The first-order chi connectivity index (χ1) is 12.7. The minimum Gasteiger partial charge on any atom is -0.396 e. The Kier molecular flexibility index (Phi) is 5.23. The second-order valence-corrected chi connectivity index (χ2v) is 8.28. The van der Waals surface area contributed by atoms with Crippen LogP contribution in [0.2, 0.25) is 0 Å². The van der Waals surface area contributed by atoms with Gasteiger partial charge in [0.2, 0.25) is 0 Å². The molecule has 3 aliphatic rings. The van der Waals surface area contributed by atoms with E-state index in [1.807, 2.05) is 11.8 Å². The van der Waals surface area contributed by atoms with Crippen molar-refractivity contribution in [1.29, 1.82) is 0 Å². The van der Waals surface area contributed by atoms with E-state index in [-0.39, 0.29) is 18.4 Å². The molecule has 1 saturated carbocycles.